The van der Waals surface area contributed by atoms with E-state index in [1.54, 1.807) is 31.2 Å². The second kappa shape index (κ2) is 10.3. The maximum Gasteiger partial charge on any atom is 0.411 e. The van der Waals surface area contributed by atoms with Crippen molar-refractivity contribution in [3.8, 4) is 0 Å². The fourth-order valence-corrected chi connectivity index (χ4v) is 2.66. The van der Waals surface area contributed by atoms with Crippen molar-refractivity contribution in [2.24, 2.45) is 0 Å². The number of nitrogens with one attached hydrogen (secondary N) is 2. The zero-order valence-corrected chi connectivity index (χ0v) is 16.1. The smallest absolute Gasteiger partial charge is 0.411 e. The van der Waals surface area contributed by atoms with Gasteiger partial charge in [-0.05, 0) is 51.2 Å². The van der Waals surface area contributed by atoms with E-state index in [1.807, 2.05) is 32.3 Å². The van der Waals surface area contributed by atoms with E-state index in [0.29, 0.717) is 24.4 Å². The summed E-state index contributed by atoms with van der Waals surface area (Å²) < 4.78 is 4.85. The standard InChI is InChI=1S/C21H27N3O3/c1-4-27-21(26)23-18-12-8-11-17(14-18)20(25)22-15-19(24(2)3)13-16-9-6-5-7-10-16/h5-12,14,19H,4,13,15H2,1-3H3,(H,22,25)(H,23,26). The minimum atomic E-state index is -0.536. The molecule has 27 heavy (non-hydrogen) atoms. The Morgan fingerprint density at radius 3 is 2.48 bits per heavy atom. The van der Waals surface area contributed by atoms with Crippen LogP contribution in [0.3, 0.4) is 0 Å². The first-order valence-electron chi connectivity index (χ1n) is 9.02. The Kier molecular flexibility index (Phi) is 7.82. The lowest BCUT2D eigenvalue weighted by atomic mass is 10.0. The Bertz CT molecular complexity index is 747. The minimum absolute atomic E-state index is 0.178. The van der Waals surface area contributed by atoms with Crippen LogP contribution in [0.1, 0.15) is 22.8 Å². The van der Waals surface area contributed by atoms with Crippen LogP contribution in [0.15, 0.2) is 54.6 Å². The van der Waals surface area contributed by atoms with Crippen LogP contribution < -0.4 is 10.6 Å². The lowest BCUT2D eigenvalue weighted by Gasteiger charge is -2.25. The van der Waals surface area contributed by atoms with E-state index < -0.39 is 6.09 Å². The van der Waals surface area contributed by atoms with Crippen LogP contribution in [0.2, 0.25) is 0 Å². The molecule has 1 unspecified atom stereocenters. The zero-order valence-electron chi connectivity index (χ0n) is 16.1. The van der Waals surface area contributed by atoms with Gasteiger partial charge in [0.15, 0.2) is 0 Å². The molecule has 2 amide bonds. The van der Waals surface area contributed by atoms with Gasteiger partial charge in [-0.15, -0.1) is 0 Å². The summed E-state index contributed by atoms with van der Waals surface area (Å²) in [5.74, 6) is -0.178. The highest BCUT2D eigenvalue weighted by atomic mass is 16.5. The van der Waals surface area contributed by atoms with Gasteiger partial charge in [0.05, 0.1) is 6.61 Å². The fourth-order valence-electron chi connectivity index (χ4n) is 2.66. The average molecular weight is 369 g/mol. The van der Waals surface area contributed by atoms with Crippen LogP contribution in [0, 0.1) is 0 Å². The van der Waals surface area contributed by atoms with Gasteiger partial charge in [-0.1, -0.05) is 36.4 Å². The van der Waals surface area contributed by atoms with Crippen molar-refractivity contribution < 1.29 is 14.3 Å². The van der Waals surface area contributed by atoms with Crippen molar-refractivity contribution in [1.82, 2.24) is 10.2 Å². The number of hydrogen-bond acceptors (Lipinski definition) is 4. The molecule has 0 saturated heterocycles. The van der Waals surface area contributed by atoms with Crippen molar-refractivity contribution >= 4 is 17.7 Å². The Labute approximate surface area is 160 Å². The van der Waals surface area contributed by atoms with Crippen LogP contribution >= 0.6 is 0 Å². The molecule has 0 radical (unpaired) electrons. The van der Waals surface area contributed by atoms with E-state index in [2.05, 4.69) is 27.7 Å². The normalized spacial score (nSPS) is 11.7. The lowest BCUT2D eigenvalue weighted by Crippen LogP contribution is -2.41. The average Bonchev–Trinajstić information content (AvgIpc) is 2.65. The van der Waals surface area contributed by atoms with Crippen molar-refractivity contribution in [2.45, 2.75) is 19.4 Å². The van der Waals surface area contributed by atoms with Crippen LogP contribution in [-0.4, -0.2) is 50.2 Å². The Morgan fingerprint density at radius 1 is 1.07 bits per heavy atom. The van der Waals surface area contributed by atoms with Gasteiger partial charge in [-0.2, -0.15) is 0 Å². The summed E-state index contributed by atoms with van der Waals surface area (Å²) in [6.45, 7) is 2.55. The molecule has 2 N–H and O–H groups in total. The van der Waals surface area contributed by atoms with Gasteiger partial charge in [0.1, 0.15) is 0 Å². The summed E-state index contributed by atoms with van der Waals surface area (Å²) in [5.41, 5.74) is 2.24. The zero-order chi connectivity index (χ0) is 19.6. The Morgan fingerprint density at radius 2 is 1.81 bits per heavy atom. The van der Waals surface area contributed by atoms with Crippen molar-refractivity contribution in [1.29, 1.82) is 0 Å². The van der Waals surface area contributed by atoms with Crippen molar-refractivity contribution in [3.05, 3.63) is 65.7 Å². The molecule has 0 spiro atoms. The van der Waals surface area contributed by atoms with Gasteiger partial charge in [0, 0.05) is 23.8 Å². The number of likely N-dealkylation sites (N-methyl/N-ethyl adjacent to an activating group) is 1. The fraction of sp³-hybridized carbons (Fsp3) is 0.333. The second-order valence-corrected chi connectivity index (χ2v) is 6.44. The van der Waals surface area contributed by atoms with Crippen LogP contribution in [0.4, 0.5) is 10.5 Å². The highest BCUT2D eigenvalue weighted by molar-refractivity contribution is 5.96. The Hall–Kier alpha value is -2.86. The summed E-state index contributed by atoms with van der Waals surface area (Å²) >= 11 is 0. The predicted octanol–water partition coefficient (Wildman–Crippen LogP) is 3.16. The third-order valence-corrected chi connectivity index (χ3v) is 4.19. The molecular formula is C21H27N3O3. The number of hydrogen-bond donors (Lipinski definition) is 2. The molecule has 0 saturated carbocycles. The monoisotopic (exact) mass is 369 g/mol. The van der Waals surface area contributed by atoms with Gasteiger partial charge in [0.25, 0.3) is 5.91 Å². The van der Waals surface area contributed by atoms with E-state index in [9.17, 15) is 9.59 Å². The van der Waals surface area contributed by atoms with E-state index in [1.165, 1.54) is 5.56 Å². The molecule has 0 aliphatic heterocycles. The van der Waals surface area contributed by atoms with Crippen LogP contribution in [0.25, 0.3) is 0 Å². The first-order valence-corrected chi connectivity index (χ1v) is 9.02. The second-order valence-electron chi connectivity index (χ2n) is 6.44. The number of anilines is 1. The van der Waals surface area contributed by atoms with Crippen LogP contribution in [-0.2, 0) is 11.2 Å². The minimum Gasteiger partial charge on any atom is -0.450 e. The predicted molar refractivity (Wildman–Crippen MR) is 107 cm³/mol. The molecule has 2 rings (SSSR count). The molecule has 6 nitrogen and oxygen atoms in total. The number of rotatable bonds is 8. The molecule has 2 aromatic rings. The first kappa shape index (κ1) is 20.5. The van der Waals surface area contributed by atoms with E-state index in [0.717, 1.165) is 6.42 Å². The molecular weight excluding hydrogens is 342 g/mol. The summed E-state index contributed by atoms with van der Waals surface area (Å²) in [7, 11) is 4.01. The third-order valence-electron chi connectivity index (χ3n) is 4.19. The van der Waals surface area contributed by atoms with Gasteiger partial charge < -0.3 is 15.0 Å². The highest BCUT2D eigenvalue weighted by Crippen LogP contribution is 2.12. The topological polar surface area (TPSA) is 70.7 Å². The van der Waals surface area contributed by atoms with Gasteiger partial charge in [-0.3, -0.25) is 10.1 Å². The van der Waals surface area contributed by atoms with Gasteiger partial charge in [-0.25, -0.2) is 4.79 Å². The molecule has 1 atom stereocenters. The van der Waals surface area contributed by atoms with E-state index in [4.69, 9.17) is 4.74 Å². The molecule has 0 aliphatic carbocycles. The first-order chi connectivity index (χ1) is 13.0. The number of amides is 2. The molecule has 0 aromatic heterocycles. The molecule has 6 heteroatoms. The summed E-state index contributed by atoms with van der Waals surface area (Å²) in [5, 5.41) is 5.59. The van der Waals surface area contributed by atoms with E-state index in [-0.39, 0.29) is 11.9 Å². The Balaban J connectivity index is 1.96. The SMILES string of the molecule is CCOC(=O)Nc1cccc(C(=O)NCC(Cc2ccccc2)N(C)C)c1. The summed E-state index contributed by atoms with van der Waals surface area (Å²) in [4.78, 5) is 26.1. The van der Waals surface area contributed by atoms with Crippen molar-refractivity contribution in [3.63, 3.8) is 0 Å². The molecule has 0 fully saturated rings. The number of ether oxygens (including phenoxy) is 1. The van der Waals surface area contributed by atoms with Crippen molar-refractivity contribution in [2.75, 3.05) is 32.6 Å². The number of nitrogens with zero attached hydrogens (tertiary/aromatic N) is 1. The molecule has 144 valence electrons. The molecule has 0 bridgehead atoms. The molecule has 0 aliphatic rings. The van der Waals surface area contributed by atoms with Gasteiger partial charge in [0.2, 0.25) is 0 Å². The van der Waals surface area contributed by atoms with Gasteiger partial charge >= 0.3 is 6.09 Å². The number of carbonyl (C=O) groups excluding carboxylic acids is 2. The maximum absolute atomic E-state index is 12.5. The maximum atomic E-state index is 12.5. The number of carbonyl (C=O) groups is 2. The summed E-state index contributed by atoms with van der Waals surface area (Å²) in [6.07, 6.45) is 0.309. The lowest BCUT2D eigenvalue weighted by molar-refractivity contribution is 0.0941. The molecule has 2 aromatic carbocycles. The molecule has 0 heterocycles. The summed E-state index contributed by atoms with van der Waals surface area (Å²) in [6, 6.07) is 17.2. The van der Waals surface area contributed by atoms with Crippen LogP contribution in [0.5, 0.6) is 0 Å². The van der Waals surface area contributed by atoms with E-state index >= 15 is 0 Å². The highest BCUT2D eigenvalue weighted by Gasteiger charge is 2.15. The number of benzene rings is 2. The quantitative estimate of drug-likeness (QED) is 0.750. The largest absolute Gasteiger partial charge is 0.450 e. The third kappa shape index (κ3) is 6.75.